The van der Waals surface area contributed by atoms with E-state index in [1.807, 2.05) is 30.3 Å². The molecule has 1 aromatic rings. The number of nitrogens with two attached hydrogens (primary N) is 1. The van der Waals surface area contributed by atoms with Crippen LogP contribution in [-0.2, 0) is 4.79 Å². The van der Waals surface area contributed by atoms with Gasteiger partial charge in [0.25, 0.3) is 0 Å². The van der Waals surface area contributed by atoms with Crippen molar-refractivity contribution in [2.75, 3.05) is 6.54 Å². The Morgan fingerprint density at radius 2 is 2.06 bits per heavy atom. The molecule has 0 aliphatic heterocycles. The van der Waals surface area contributed by atoms with Gasteiger partial charge in [-0.05, 0) is 18.9 Å². The molecule has 0 radical (unpaired) electrons. The fourth-order valence-electron chi connectivity index (χ4n) is 1.51. The van der Waals surface area contributed by atoms with E-state index in [4.69, 9.17) is 10.8 Å². The van der Waals surface area contributed by atoms with Crippen LogP contribution in [0, 0.1) is 0 Å². The van der Waals surface area contributed by atoms with Crippen LogP contribution in [0.25, 0.3) is 0 Å². The Morgan fingerprint density at radius 1 is 1.41 bits per heavy atom. The summed E-state index contributed by atoms with van der Waals surface area (Å²) in [6.07, 6.45) is 0.439. The van der Waals surface area contributed by atoms with Crippen molar-refractivity contribution in [3.8, 4) is 0 Å². The van der Waals surface area contributed by atoms with E-state index < -0.39 is 6.10 Å². The molecule has 94 valence electrons. The standard InChI is InChI=1S/C13H20N2O2/c1-10(16)7-8-15-13(17)9-12(14)11-5-3-2-4-6-11/h2-6,10,12,16H,7-9,14H2,1H3,(H,15,17). The molecular formula is C13H20N2O2. The number of hydrogen-bond acceptors (Lipinski definition) is 3. The SMILES string of the molecule is CC(O)CCNC(=O)CC(N)c1ccccc1. The summed E-state index contributed by atoms with van der Waals surface area (Å²) in [7, 11) is 0. The number of carbonyl (C=O) groups excluding carboxylic acids is 1. The Balaban J connectivity index is 2.31. The maximum Gasteiger partial charge on any atom is 0.221 e. The maximum atomic E-state index is 11.5. The molecule has 1 rings (SSSR count). The van der Waals surface area contributed by atoms with Gasteiger partial charge in [0.2, 0.25) is 5.91 Å². The van der Waals surface area contributed by atoms with Gasteiger partial charge in [0.15, 0.2) is 0 Å². The zero-order valence-corrected chi connectivity index (χ0v) is 10.1. The topological polar surface area (TPSA) is 75.3 Å². The van der Waals surface area contributed by atoms with E-state index in [0.717, 1.165) is 5.56 Å². The minimum Gasteiger partial charge on any atom is -0.393 e. The molecule has 0 bridgehead atoms. The lowest BCUT2D eigenvalue weighted by Crippen LogP contribution is -2.29. The molecule has 0 aromatic heterocycles. The molecule has 0 aliphatic carbocycles. The lowest BCUT2D eigenvalue weighted by Gasteiger charge is -2.12. The molecular weight excluding hydrogens is 216 g/mol. The molecule has 0 fully saturated rings. The minimum atomic E-state index is -0.391. The molecule has 2 atom stereocenters. The first-order chi connectivity index (χ1) is 8.09. The first kappa shape index (κ1) is 13.7. The third kappa shape index (κ3) is 5.47. The van der Waals surface area contributed by atoms with Crippen LogP contribution in [0.1, 0.15) is 31.4 Å². The molecule has 1 aromatic carbocycles. The van der Waals surface area contributed by atoms with E-state index in [1.165, 1.54) is 0 Å². The Morgan fingerprint density at radius 3 is 2.65 bits per heavy atom. The highest BCUT2D eigenvalue weighted by molar-refractivity contribution is 5.76. The highest BCUT2D eigenvalue weighted by Gasteiger charge is 2.10. The van der Waals surface area contributed by atoms with Gasteiger partial charge in [-0.2, -0.15) is 0 Å². The van der Waals surface area contributed by atoms with Crippen molar-refractivity contribution in [3.63, 3.8) is 0 Å². The Kier molecular flexibility index (Phi) is 5.66. The van der Waals surface area contributed by atoms with E-state index >= 15 is 0 Å². The molecule has 0 heterocycles. The lowest BCUT2D eigenvalue weighted by atomic mass is 10.0. The van der Waals surface area contributed by atoms with Gasteiger partial charge in [-0.25, -0.2) is 0 Å². The fourth-order valence-corrected chi connectivity index (χ4v) is 1.51. The maximum absolute atomic E-state index is 11.5. The summed E-state index contributed by atoms with van der Waals surface area (Å²) < 4.78 is 0. The minimum absolute atomic E-state index is 0.0815. The van der Waals surface area contributed by atoms with Crippen LogP contribution in [0.5, 0.6) is 0 Å². The quantitative estimate of drug-likeness (QED) is 0.688. The van der Waals surface area contributed by atoms with Crippen LogP contribution in [0.3, 0.4) is 0 Å². The van der Waals surface area contributed by atoms with Crippen molar-refractivity contribution in [1.82, 2.24) is 5.32 Å². The Labute approximate surface area is 102 Å². The zero-order valence-electron chi connectivity index (χ0n) is 10.1. The second-order valence-corrected chi connectivity index (χ2v) is 4.21. The van der Waals surface area contributed by atoms with Crippen LogP contribution < -0.4 is 11.1 Å². The molecule has 4 nitrogen and oxygen atoms in total. The molecule has 17 heavy (non-hydrogen) atoms. The zero-order chi connectivity index (χ0) is 12.7. The third-order valence-electron chi connectivity index (χ3n) is 2.52. The van der Waals surface area contributed by atoms with Gasteiger partial charge in [0.05, 0.1) is 6.10 Å². The Bertz CT molecular complexity index is 339. The van der Waals surface area contributed by atoms with Gasteiger partial charge < -0.3 is 16.2 Å². The van der Waals surface area contributed by atoms with Crippen molar-refractivity contribution in [2.45, 2.75) is 31.9 Å². The van der Waals surface area contributed by atoms with Crippen molar-refractivity contribution < 1.29 is 9.90 Å². The summed E-state index contributed by atoms with van der Waals surface area (Å²) >= 11 is 0. The number of hydrogen-bond donors (Lipinski definition) is 3. The molecule has 1 amide bonds. The second kappa shape index (κ2) is 7.04. The first-order valence-corrected chi connectivity index (χ1v) is 5.85. The number of rotatable bonds is 6. The summed E-state index contributed by atoms with van der Waals surface area (Å²) in [6, 6.07) is 9.27. The highest BCUT2D eigenvalue weighted by atomic mass is 16.3. The van der Waals surface area contributed by atoms with Gasteiger partial charge in [-0.3, -0.25) is 4.79 Å². The normalized spacial score (nSPS) is 14.1. The average molecular weight is 236 g/mol. The van der Waals surface area contributed by atoms with Gasteiger partial charge in [-0.15, -0.1) is 0 Å². The van der Waals surface area contributed by atoms with Crippen LogP contribution in [0.2, 0.25) is 0 Å². The van der Waals surface area contributed by atoms with E-state index in [-0.39, 0.29) is 18.4 Å². The smallest absolute Gasteiger partial charge is 0.221 e. The van der Waals surface area contributed by atoms with Crippen LogP contribution in [0.4, 0.5) is 0 Å². The van der Waals surface area contributed by atoms with Crippen LogP contribution in [-0.4, -0.2) is 23.7 Å². The van der Waals surface area contributed by atoms with Gasteiger partial charge in [-0.1, -0.05) is 30.3 Å². The summed E-state index contributed by atoms with van der Waals surface area (Å²) in [5.74, 6) is -0.0815. The molecule has 2 unspecified atom stereocenters. The van der Waals surface area contributed by atoms with Crippen molar-refractivity contribution in [1.29, 1.82) is 0 Å². The number of carbonyl (C=O) groups is 1. The second-order valence-electron chi connectivity index (χ2n) is 4.21. The summed E-state index contributed by atoms with van der Waals surface area (Å²) in [5, 5.41) is 11.8. The molecule has 0 spiro atoms. The van der Waals surface area contributed by atoms with Gasteiger partial charge >= 0.3 is 0 Å². The van der Waals surface area contributed by atoms with E-state index in [1.54, 1.807) is 6.92 Å². The van der Waals surface area contributed by atoms with Crippen LogP contribution >= 0.6 is 0 Å². The van der Waals surface area contributed by atoms with E-state index in [2.05, 4.69) is 5.32 Å². The molecule has 0 aliphatic rings. The molecule has 4 N–H and O–H groups in total. The number of nitrogens with one attached hydrogen (secondary N) is 1. The number of amides is 1. The molecule has 4 heteroatoms. The number of benzene rings is 1. The first-order valence-electron chi connectivity index (χ1n) is 5.85. The van der Waals surface area contributed by atoms with E-state index in [9.17, 15) is 4.79 Å². The summed E-state index contributed by atoms with van der Waals surface area (Å²) in [6.45, 7) is 2.18. The Hall–Kier alpha value is -1.39. The number of aliphatic hydroxyl groups excluding tert-OH is 1. The predicted octanol–water partition coefficient (Wildman–Crippen LogP) is 0.964. The average Bonchev–Trinajstić information content (AvgIpc) is 2.29. The molecule has 0 saturated heterocycles. The summed E-state index contributed by atoms with van der Waals surface area (Å²) in [4.78, 5) is 11.5. The summed E-state index contributed by atoms with van der Waals surface area (Å²) in [5.41, 5.74) is 6.87. The van der Waals surface area contributed by atoms with E-state index in [0.29, 0.717) is 13.0 Å². The van der Waals surface area contributed by atoms with Gasteiger partial charge in [0.1, 0.15) is 0 Å². The monoisotopic (exact) mass is 236 g/mol. The molecule has 0 saturated carbocycles. The van der Waals surface area contributed by atoms with Crippen molar-refractivity contribution in [3.05, 3.63) is 35.9 Å². The third-order valence-corrected chi connectivity index (χ3v) is 2.52. The van der Waals surface area contributed by atoms with Crippen molar-refractivity contribution in [2.24, 2.45) is 5.73 Å². The largest absolute Gasteiger partial charge is 0.393 e. The van der Waals surface area contributed by atoms with Crippen LogP contribution in [0.15, 0.2) is 30.3 Å². The lowest BCUT2D eigenvalue weighted by molar-refractivity contribution is -0.121. The van der Waals surface area contributed by atoms with Crippen molar-refractivity contribution >= 4 is 5.91 Å². The highest BCUT2D eigenvalue weighted by Crippen LogP contribution is 2.12. The predicted molar refractivity (Wildman–Crippen MR) is 67.3 cm³/mol. The number of aliphatic hydroxyl groups is 1. The fraction of sp³-hybridized carbons (Fsp3) is 0.462. The van der Waals surface area contributed by atoms with Gasteiger partial charge in [0, 0.05) is 19.0 Å².